The van der Waals surface area contributed by atoms with Gasteiger partial charge >= 0.3 is 5.97 Å². The van der Waals surface area contributed by atoms with E-state index in [1.54, 1.807) is 30.3 Å². The average molecular weight is 343 g/mol. The van der Waals surface area contributed by atoms with Gasteiger partial charge in [0.25, 0.3) is 5.91 Å². The van der Waals surface area contributed by atoms with E-state index >= 15 is 0 Å². The minimum atomic E-state index is -1.04. The van der Waals surface area contributed by atoms with E-state index in [0.29, 0.717) is 11.3 Å². The third kappa shape index (κ3) is 5.24. The van der Waals surface area contributed by atoms with E-state index in [1.807, 2.05) is 0 Å². The molecule has 0 aliphatic heterocycles. The number of ketones is 1. The molecule has 6 heteroatoms. The minimum Gasteiger partial charge on any atom is -0.452 e. The van der Waals surface area contributed by atoms with Gasteiger partial charge in [-0.3, -0.25) is 14.4 Å². The van der Waals surface area contributed by atoms with Crippen LogP contribution in [0, 0.1) is 5.82 Å². The number of halogens is 1. The molecular formula is C19H18FNO4. The Morgan fingerprint density at radius 1 is 1.08 bits per heavy atom. The topological polar surface area (TPSA) is 72.5 Å². The molecule has 1 atom stereocenters. The van der Waals surface area contributed by atoms with Crippen molar-refractivity contribution in [1.29, 1.82) is 0 Å². The minimum absolute atomic E-state index is 0.0756. The van der Waals surface area contributed by atoms with E-state index in [0.717, 1.165) is 0 Å². The van der Waals surface area contributed by atoms with Crippen LogP contribution >= 0.6 is 0 Å². The molecule has 5 nitrogen and oxygen atoms in total. The fraction of sp³-hybridized carbons (Fsp3) is 0.211. The van der Waals surface area contributed by atoms with Gasteiger partial charge in [0.1, 0.15) is 5.82 Å². The average Bonchev–Trinajstić information content (AvgIpc) is 2.57. The van der Waals surface area contributed by atoms with Crippen molar-refractivity contribution in [2.75, 3.05) is 5.32 Å². The Morgan fingerprint density at radius 3 is 2.32 bits per heavy atom. The Labute approximate surface area is 144 Å². The normalized spacial score (nSPS) is 11.5. The number of anilines is 1. The van der Waals surface area contributed by atoms with Crippen molar-refractivity contribution in [3.8, 4) is 0 Å². The molecule has 0 spiro atoms. The molecule has 0 saturated carbocycles. The van der Waals surface area contributed by atoms with E-state index in [1.165, 1.54) is 32.0 Å². The smallest absolute Gasteiger partial charge is 0.311 e. The number of Topliss-reactive ketones (excluding diaryl/α,β-unsaturated/α-hetero) is 1. The van der Waals surface area contributed by atoms with E-state index in [2.05, 4.69) is 5.32 Å². The number of amides is 1. The molecule has 2 rings (SSSR count). The van der Waals surface area contributed by atoms with Crippen molar-refractivity contribution in [2.24, 2.45) is 0 Å². The molecule has 2 aromatic rings. The molecule has 0 aliphatic rings. The van der Waals surface area contributed by atoms with Crippen LogP contribution in [0.4, 0.5) is 10.1 Å². The summed E-state index contributed by atoms with van der Waals surface area (Å²) >= 11 is 0. The van der Waals surface area contributed by atoms with Crippen LogP contribution in [0.1, 0.15) is 29.8 Å². The molecule has 0 heterocycles. The molecule has 25 heavy (non-hydrogen) atoms. The molecule has 0 aliphatic carbocycles. The van der Waals surface area contributed by atoms with Crippen molar-refractivity contribution < 1.29 is 23.5 Å². The van der Waals surface area contributed by atoms with Gasteiger partial charge in [0.15, 0.2) is 11.9 Å². The van der Waals surface area contributed by atoms with Crippen molar-refractivity contribution in [1.82, 2.24) is 0 Å². The first-order valence-electron chi connectivity index (χ1n) is 7.71. The molecule has 1 N–H and O–H groups in total. The molecule has 1 amide bonds. The summed E-state index contributed by atoms with van der Waals surface area (Å²) in [6.07, 6.45) is -1.29. The van der Waals surface area contributed by atoms with Crippen molar-refractivity contribution >= 4 is 23.3 Å². The van der Waals surface area contributed by atoms with Crippen LogP contribution in [0.2, 0.25) is 0 Å². The van der Waals surface area contributed by atoms with Gasteiger partial charge in [0.2, 0.25) is 0 Å². The monoisotopic (exact) mass is 343 g/mol. The van der Waals surface area contributed by atoms with Crippen LogP contribution in [0.15, 0.2) is 48.5 Å². The highest BCUT2D eigenvalue weighted by molar-refractivity contribution is 5.97. The van der Waals surface area contributed by atoms with Gasteiger partial charge in [-0.15, -0.1) is 0 Å². The van der Waals surface area contributed by atoms with Crippen molar-refractivity contribution in [3.05, 3.63) is 65.5 Å². The first-order chi connectivity index (χ1) is 11.9. The number of hydrogen-bond donors (Lipinski definition) is 1. The lowest BCUT2D eigenvalue weighted by atomic mass is 10.1. The Bertz CT molecular complexity index is 786. The highest BCUT2D eigenvalue weighted by atomic mass is 19.1. The summed E-state index contributed by atoms with van der Waals surface area (Å²) in [4.78, 5) is 35.1. The van der Waals surface area contributed by atoms with Crippen molar-refractivity contribution in [3.63, 3.8) is 0 Å². The van der Waals surface area contributed by atoms with Gasteiger partial charge in [-0.25, -0.2) is 4.39 Å². The van der Waals surface area contributed by atoms with Crippen LogP contribution in [-0.2, 0) is 20.7 Å². The third-order valence-electron chi connectivity index (χ3n) is 3.53. The third-order valence-corrected chi connectivity index (χ3v) is 3.53. The molecular weight excluding hydrogens is 325 g/mol. The van der Waals surface area contributed by atoms with Crippen LogP contribution in [0.25, 0.3) is 0 Å². The predicted molar refractivity (Wildman–Crippen MR) is 90.7 cm³/mol. The lowest BCUT2D eigenvalue weighted by Gasteiger charge is -2.14. The Morgan fingerprint density at radius 2 is 1.72 bits per heavy atom. The van der Waals surface area contributed by atoms with E-state index in [4.69, 9.17) is 4.74 Å². The number of rotatable bonds is 6. The molecule has 0 bridgehead atoms. The fourth-order valence-electron chi connectivity index (χ4n) is 2.12. The highest BCUT2D eigenvalue weighted by Gasteiger charge is 2.19. The predicted octanol–water partition coefficient (Wildman–Crippen LogP) is 3.14. The number of ether oxygens (including phenoxy) is 1. The highest BCUT2D eigenvalue weighted by Crippen LogP contribution is 2.12. The van der Waals surface area contributed by atoms with Gasteiger partial charge in [-0.05, 0) is 49.7 Å². The zero-order valence-corrected chi connectivity index (χ0v) is 13.9. The van der Waals surface area contributed by atoms with E-state index < -0.39 is 23.8 Å². The molecule has 0 fully saturated rings. The van der Waals surface area contributed by atoms with E-state index in [-0.39, 0.29) is 17.8 Å². The number of nitrogens with one attached hydrogen (secondary N) is 1. The first kappa shape index (κ1) is 18.3. The summed E-state index contributed by atoms with van der Waals surface area (Å²) in [7, 11) is 0. The molecule has 0 radical (unpaired) electrons. The maximum absolute atomic E-state index is 13.5. The summed E-state index contributed by atoms with van der Waals surface area (Å²) < 4.78 is 18.5. The number of carbonyl (C=O) groups is 3. The number of hydrogen-bond acceptors (Lipinski definition) is 4. The van der Waals surface area contributed by atoms with Crippen LogP contribution in [-0.4, -0.2) is 23.8 Å². The molecule has 2 aromatic carbocycles. The first-order valence-corrected chi connectivity index (χ1v) is 7.71. The second-order valence-corrected chi connectivity index (χ2v) is 5.52. The number of esters is 1. The summed E-state index contributed by atoms with van der Waals surface area (Å²) in [5.41, 5.74) is 1.22. The quantitative estimate of drug-likeness (QED) is 0.646. The summed E-state index contributed by atoms with van der Waals surface area (Å²) in [5.74, 6) is -1.78. The Balaban J connectivity index is 1.90. The second kappa shape index (κ2) is 8.19. The number of benzene rings is 2. The maximum Gasteiger partial charge on any atom is 0.311 e. The SMILES string of the molecule is CC(=O)c1ccc(NC(=O)[C@H](C)OC(=O)Cc2ccccc2F)cc1. The van der Waals surface area contributed by atoms with Gasteiger partial charge in [-0.2, -0.15) is 0 Å². The van der Waals surface area contributed by atoms with Crippen LogP contribution in [0.5, 0.6) is 0 Å². The number of carbonyl (C=O) groups excluding carboxylic acids is 3. The molecule has 0 saturated heterocycles. The Kier molecular flexibility index (Phi) is 6.00. The Hall–Kier alpha value is -3.02. The van der Waals surface area contributed by atoms with E-state index in [9.17, 15) is 18.8 Å². The summed E-state index contributed by atoms with van der Waals surface area (Å²) in [5, 5.41) is 2.59. The zero-order valence-electron chi connectivity index (χ0n) is 13.9. The molecule has 0 unspecified atom stereocenters. The fourth-order valence-corrected chi connectivity index (χ4v) is 2.12. The molecule has 0 aromatic heterocycles. The maximum atomic E-state index is 13.5. The largest absolute Gasteiger partial charge is 0.452 e. The van der Waals surface area contributed by atoms with Crippen LogP contribution in [0.3, 0.4) is 0 Å². The van der Waals surface area contributed by atoms with Gasteiger partial charge < -0.3 is 10.1 Å². The van der Waals surface area contributed by atoms with Gasteiger partial charge in [0.05, 0.1) is 6.42 Å². The van der Waals surface area contributed by atoms with Crippen molar-refractivity contribution in [2.45, 2.75) is 26.4 Å². The van der Waals surface area contributed by atoms with Gasteiger partial charge in [0, 0.05) is 11.3 Å². The zero-order chi connectivity index (χ0) is 18.4. The standard InChI is InChI=1S/C19H18FNO4/c1-12(22)14-7-9-16(10-8-14)21-19(24)13(2)25-18(23)11-15-5-3-4-6-17(15)20/h3-10,13H,11H2,1-2H3,(H,21,24)/t13-/m0/s1. The lowest BCUT2D eigenvalue weighted by molar-refractivity contribution is -0.152. The van der Waals surface area contributed by atoms with Gasteiger partial charge in [-0.1, -0.05) is 18.2 Å². The summed E-state index contributed by atoms with van der Waals surface area (Å²) in [6.45, 7) is 2.88. The second-order valence-electron chi connectivity index (χ2n) is 5.52. The van der Waals surface area contributed by atoms with Crippen LogP contribution < -0.4 is 5.32 Å². The lowest BCUT2D eigenvalue weighted by Crippen LogP contribution is -2.30. The molecule has 130 valence electrons. The summed E-state index contributed by atoms with van der Waals surface area (Å²) in [6, 6.07) is 12.2.